The van der Waals surface area contributed by atoms with Gasteiger partial charge in [0.15, 0.2) is 0 Å². The molecule has 0 aliphatic heterocycles. The molecule has 1 aromatic carbocycles. The average molecular weight is 182 g/mol. The largest absolute Gasteiger partial charge is 0.168 e. The van der Waals surface area contributed by atoms with Crippen molar-refractivity contribution in [1.29, 1.82) is 0 Å². The van der Waals surface area contributed by atoms with Gasteiger partial charge in [0.1, 0.15) is 0 Å². The summed E-state index contributed by atoms with van der Waals surface area (Å²) in [6, 6.07) is 10.3. The molecule has 0 atom stereocenters. The lowest BCUT2D eigenvalue weighted by molar-refractivity contribution is 0.791. The second-order valence-electron chi connectivity index (χ2n) is 2.93. The monoisotopic (exact) mass is 182 g/mol. The predicted molar refractivity (Wildman–Crippen MR) is 59.8 cm³/mol. The number of hydrogen-bond donors (Lipinski definition) is 1. The molecule has 0 fully saturated rings. The van der Waals surface area contributed by atoms with E-state index in [0.717, 1.165) is 0 Å². The smallest absolute Gasteiger partial charge is 0.0322 e. The van der Waals surface area contributed by atoms with Crippen molar-refractivity contribution in [3.63, 3.8) is 0 Å². The predicted octanol–water partition coefficient (Wildman–Crippen LogP) is 3.88. The molecule has 0 unspecified atom stereocenters. The summed E-state index contributed by atoms with van der Waals surface area (Å²) in [5, 5.41) is 0. The van der Waals surface area contributed by atoms with Crippen LogP contribution in [0.1, 0.15) is 33.3 Å². The average Bonchev–Trinajstić information content (AvgIpc) is 2.08. The highest BCUT2D eigenvalue weighted by molar-refractivity contribution is 7.81. The van der Waals surface area contributed by atoms with Gasteiger partial charge in [-0.25, -0.2) is 0 Å². The first-order valence-corrected chi connectivity index (χ1v) is 4.83. The molecule has 0 spiro atoms. The van der Waals surface area contributed by atoms with Gasteiger partial charge in [0.25, 0.3) is 0 Å². The maximum absolute atomic E-state index is 4.44. The van der Waals surface area contributed by atoms with E-state index in [1.165, 1.54) is 5.56 Å². The molecule has 0 aliphatic carbocycles. The molecule has 0 amide bonds. The first kappa shape index (κ1) is 11.6. The SMILES string of the molecule is CC.CC(C)(S)c1ccccc1. The highest BCUT2D eigenvalue weighted by Gasteiger charge is 2.12. The van der Waals surface area contributed by atoms with Crippen LogP contribution in [0.25, 0.3) is 0 Å². The molecule has 12 heavy (non-hydrogen) atoms. The molecule has 68 valence electrons. The minimum absolute atomic E-state index is 0.0126. The first-order valence-electron chi connectivity index (χ1n) is 4.38. The van der Waals surface area contributed by atoms with Gasteiger partial charge < -0.3 is 0 Å². The molecule has 0 radical (unpaired) electrons. The van der Waals surface area contributed by atoms with Gasteiger partial charge in [0.2, 0.25) is 0 Å². The summed E-state index contributed by atoms with van der Waals surface area (Å²) in [5.74, 6) is 0. The summed E-state index contributed by atoms with van der Waals surface area (Å²) in [5.41, 5.74) is 1.26. The Hall–Kier alpha value is -0.430. The van der Waals surface area contributed by atoms with Crippen LogP contribution >= 0.6 is 12.6 Å². The van der Waals surface area contributed by atoms with Crippen molar-refractivity contribution < 1.29 is 0 Å². The van der Waals surface area contributed by atoms with Crippen LogP contribution in [0.3, 0.4) is 0 Å². The Labute approximate surface area is 81.4 Å². The van der Waals surface area contributed by atoms with E-state index in [1.54, 1.807) is 0 Å². The molecule has 0 bridgehead atoms. The van der Waals surface area contributed by atoms with Crippen molar-refractivity contribution in [2.24, 2.45) is 0 Å². The summed E-state index contributed by atoms with van der Waals surface area (Å²) >= 11 is 4.44. The third kappa shape index (κ3) is 3.82. The van der Waals surface area contributed by atoms with E-state index in [2.05, 4.69) is 38.6 Å². The molecule has 0 nitrogen and oxygen atoms in total. The van der Waals surface area contributed by atoms with E-state index in [9.17, 15) is 0 Å². The van der Waals surface area contributed by atoms with Crippen molar-refractivity contribution in [2.45, 2.75) is 32.4 Å². The maximum atomic E-state index is 4.44. The van der Waals surface area contributed by atoms with Crippen LogP contribution in [0.15, 0.2) is 30.3 Å². The first-order chi connectivity index (χ1) is 5.61. The van der Waals surface area contributed by atoms with Crippen LogP contribution in [0.5, 0.6) is 0 Å². The highest BCUT2D eigenvalue weighted by atomic mass is 32.1. The Bertz CT molecular complexity index is 196. The van der Waals surface area contributed by atoms with Crippen LogP contribution in [0.4, 0.5) is 0 Å². The van der Waals surface area contributed by atoms with Crippen molar-refractivity contribution in [3.8, 4) is 0 Å². The Balaban J connectivity index is 0.000000561. The molecule has 1 heteroatoms. The van der Waals surface area contributed by atoms with E-state index in [-0.39, 0.29) is 4.75 Å². The molecule has 1 aromatic rings. The van der Waals surface area contributed by atoms with Gasteiger partial charge in [-0.05, 0) is 19.4 Å². The van der Waals surface area contributed by atoms with E-state index >= 15 is 0 Å². The molecular formula is C11H18S. The molecular weight excluding hydrogens is 164 g/mol. The van der Waals surface area contributed by atoms with Gasteiger partial charge in [-0.3, -0.25) is 0 Å². The Morgan fingerprint density at radius 1 is 1.00 bits per heavy atom. The fourth-order valence-corrected chi connectivity index (χ4v) is 0.995. The Morgan fingerprint density at radius 3 is 1.67 bits per heavy atom. The van der Waals surface area contributed by atoms with E-state index < -0.39 is 0 Å². The number of hydrogen-bond acceptors (Lipinski definition) is 1. The zero-order valence-electron chi connectivity index (χ0n) is 8.33. The summed E-state index contributed by atoms with van der Waals surface area (Å²) < 4.78 is -0.0126. The highest BCUT2D eigenvalue weighted by Crippen LogP contribution is 2.25. The summed E-state index contributed by atoms with van der Waals surface area (Å²) in [6.07, 6.45) is 0. The van der Waals surface area contributed by atoms with E-state index in [1.807, 2.05) is 32.0 Å². The minimum atomic E-state index is -0.0126. The molecule has 1 rings (SSSR count). The Morgan fingerprint density at radius 2 is 1.42 bits per heavy atom. The quantitative estimate of drug-likeness (QED) is 0.626. The van der Waals surface area contributed by atoms with Crippen LogP contribution in [0.2, 0.25) is 0 Å². The standard InChI is InChI=1S/C9H12S.C2H6/c1-9(2,10)8-6-4-3-5-7-8;1-2/h3-7,10H,1-2H3;1-2H3. The molecule has 0 N–H and O–H groups in total. The molecule has 0 saturated carbocycles. The van der Waals surface area contributed by atoms with Crippen molar-refractivity contribution in [3.05, 3.63) is 35.9 Å². The van der Waals surface area contributed by atoms with Crippen LogP contribution in [-0.2, 0) is 4.75 Å². The third-order valence-electron chi connectivity index (χ3n) is 1.48. The third-order valence-corrected chi connectivity index (χ3v) is 1.74. The zero-order valence-corrected chi connectivity index (χ0v) is 9.23. The lowest BCUT2D eigenvalue weighted by Gasteiger charge is -2.16. The van der Waals surface area contributed by atoms with Gasteiger partial charge in [0, 0.05) is 4.75 Å². The second kappa shape index (κ2) is 5.26. The summed E-state index contributed by atoms with van der Waals surface area (Å²) in [6.45, 7) is 8.18. The van der Waals surface area contributed by atoms with Crippen LogP contribution in [-0.4, -0.2) is 0 Å². The fraction of sp³-hybridized carbons (Fsp3) is 0.455. The topological polar surface area (TPSA) is 0 Å². The molecule has 0 aromatic heterocycles. The van der Waals surface area contributed by atoms with E-state index in [0.29, 0.717) is 0 Å². The lowest BCUT2D eigenvalue weighted by Crippen LogP contribution is -2.06. The normalized spacial score (nSPS) is 10.1. The maximum Gasteiger partial charge on any atom is 0.0322 e. The van der Waals surface area contributed by atoms with Crippen molar-refractivity contribution in [1.82, 2.24) is 0 Å². The summed E-state index contributed by atoms with van der Waals surface area (Å²) in [4.78, 5) is 0. The summed E-state index contributed by atoms with van der Waals surface area (Å²) in [7, 11) is 0. The van der Waals surface area contributed by atoms with E-state index in [4.69, 9.17) is 0 Å². The van der Waals surface area contributed by atoms with Crippen LogP contribution < -0.4 is 0 Å². The van der Waals surface area contributed by atoms with Gasteiger partial charge in [-0.2, -0.15) is 12.6 Å². The Kier molecular flexibility index (Phi) is 5.07. The van der Waals surface area contributed by atoms with Crippen molar-refractivity contribution in [2.75, 3.05) is 0 Å². The fourth-order valence-electron chi connectivity index (χ4n) is 0.846. The molecule has 0 aliphatic rings. The van der Waals surface area contributed by atoms with Crippen molar-refractivity contribution >= 4 is 12.6 Å². The van der Waals surface area contributed by atoms with Gasteiger partial charge in [-0.1, -0.05) is 44.2 Å². The number of thiol groups is 1. The number of benzene rings is 1. The zero-order chi connectivity index (χ0) is 9.61. The van der Waals surface area contributed by atoms with Gasteiger partial charge in [0.05, 0.1) is 0 Å². The molecule has 0 saturated heterocycles. The van der Waals surface area contributed by atoms with Gasteiger partial charge in [-0.15, -0.1) is 0 Å². The minimum Gasteiger partial charge on any atom is -0.168 e. The number of rotatable bonds is 1. The molecule has 0 heterocycles. The lowest BCUT2D eigenvalue weighted by atomic mass is 10.0. The van der Waals surface area contributed by atoms with Gasteiger partial charge >= 0.3 is 0 Å². The second-order valence-corrected chi connectivity index (χ2v) is 4.04. The van der Waals surface area contributed by atoms with Crippen LogP contribution in [0, 0.1) is 0 Å².